The first-order valence-corrected chi connectivity index (χ1v) is 7.71. The number of hydrogen-bond acceptors (Lipinski definition) is 2. The van der Waals surface area contributed by atoms with Crippen LogP contribution in [0.4, 0.5) is 13.2 Å². The number of rotatable bonds is 5. The Labute approximate surface area is 139 Å². The molecule has 0 aliphatic heterocycles. The molecule has 1 amide bonds. The van der Waals surface area contributed by atoms with Gasteiger partial charge >= 0.3 is 6.18 Å². The van der Waals surface area contributed by atoms with Gasteiger partial charge in [0.25, 0.3) is 5.91 Å². The first-order valence-electron chi connectivity index (χ1n) is 6.92. The molecule has 0 radical (unpaired) electrons. The predicted molar refractivity (Wildman–Crippen MR) is 83.1 cm³/mol. The van der Waals surface area contributed by atoms with Crippen LogP contribution in [0.5, 0.6) is 0 Å². The molecule has 1 N–H and O–H groups in total. The third-order valence-corrected chi connectivity index (χ3v) is 3.97. The Balaban J connectivity index is 1.85. The summed E-state index contributed by atoms with van der Waals surface area (Å²) in [6.45, 7) is 2.83. The second-order valence-corrected chi connectivity index (χ2v) is 5.87. The standard InChI is InChI=1S/C15H15BrF3N3O/c1-10-13(16)9-22(21-10)7-3-6-20-14(23)11-4-2-5-12(8-11)15(17,18)19/h2,4-5,8-9H,3,6-7H2,1H3,(H,20,23). The number of carbonyl (C=O) groups is 1. The van der Waals surface area contributed by atoms with Gasteiger partial charge < -0.3 is 5.32 Å². The summed E-state index contributed by atoms with van der Waals surface area (Å²) in [5.41, 5.74) is 0.0394. The normalized spacial score (nSPS) is 11.5. The lowest BCUT2D eigenvalue weighted by Crippen LogP contribution is -2.25. The van der Waals surface area contributed by atoms with Gasteiger partial charge in [-0.2, -0.15) is 18.3 Å². The van der Waals surface area contributed by atoms with Crippen LogP contribution >= 0.6 is 15.9 Å². The third-order valence-electron chi connectivity index (χ3n) is 3.19. The van der Waals surface area contributed by atoms with E-state index in [0.717, 1.165) is 22.3 Å². The van der Waals surface area contributed by atoms with Gasteiger partial charge in [-0.25, -0.2) is 0 Å². The predicted octanol–water partition coefficient (Wildman–Crippen LogP) is 3.79. The van der Waals surface area contributed by atoms with E-state index in [1.165, 1.54) is 12.1 Å². The molecule has 8 heteroatoms. The van der Waals surface area contributed by atoms with Crippen molar-refractivity contribution in [2.45, 2.75) is 26.1 Å². The minimum atomic E-state index is -4.46. The van der Waals surface area contributed by atoms with Gasteiger partial charge in [0.2, 0.25) is 0 Å². The SMILES string of the molecule is Cc1nn(CCCNC(=O)c2cccc(C(F)(F)F)c2)cc1Br. The maximum absolute atomic E-state index is 12.6. The van der Waals surface area contributed by atoms with Crippen molar-refractivity contribution in [2.75, 3.05) is 6.54 Å². The van der Waals surface area contributed by atoms with Gasteiger partial charge in [-0.05, 0) is 47.5 Å². The summed E-state index contributed by atoms with van der Waals surface area (Å²) in [6, 6.07) is 4.37. The van der Waals surface area contributed by atoms with Crippen molar-refractivity contribution in [1.82, 2.24) is 15.1 Å². The number of alkyl halides is 3. The van der Waals surface area contributed by atoms with Crippen LogP contribution in [0.2, 0.25) is 0 Å². The van der Waals surface area contributed by atoms with Crippen LogP contribution in [-0.2, 0) is 12.7 Å². The molecule has 0 aliphatic carbocycles. The number of amides is 1. The van der Waals surface area contributed by atoms with Crippen molar-refractivity contribution < 1.29 is 18.0 Å². The third kappa shape index (κ3) is 4.82. The van der Waals surface area contributed by atoms with Crippen molar-refractivity contribution in [2.24, 2.45) is 0 Å². The number of halogens is 4. The van der Waals surface area contributed by atoms with Gasteiger partial charge in [0, 0.05) is 24.8 Å². The lowest BCUT2D eigenvalue weighted by atomic mass is 10.1. The molecule has 0 unspecified atom stereocenters. The number of hydrogen-bond donors (Lipinski definition) is 1. The molecule has 1 aromatic carbocycles. The monoisotopic (exact) mass is 389 g/mol. The maximum Gasteiger partial charge on any atom is 0.416 e. The van der Waals surface area contributed by atoms with Crippen molar-refractivity contribution in [1.29, 1.82) is 0 Å². The number of nitrogens with zero attached hydrogens (tertiary/aromatic N) is 2. The van der Waals surface area contributed by atoms with E-state index in [-0.39, 0.29) is 5.56 Å². The number of aryl methyl sites for hydroxylation is 2. The highest BCUT2D eigenvalue weighted by molar-refractivity contribution is 9.10. The zero-order valence-corrected chi connectivity index (χ0v) is 13.9. The summed E-state index contributed by atoms with van der Waals surface area (Å²) < 4.78 is 40.5. The van der Waals surface area contributed by atoms with Gasteiger partial charge in [0.15, 0.2) is 0 Å². The number of benzene rings is 1. The number of nitrogens with one attached hydrogen (secondary N) is 1. The fourth-order valence-corrected chi connectivity index (χ4v) is 2.31. The van der Waals surface area contributed by atoms with Crippen molar-refractivity contribution in [3.05, 3.63) is 51.8 Å². The molecule has 124 valence electrons. The fraction of sp³-hybridized carbons (Fsp3) is 0.333. The summed E-state index contributed by atoms with van der Waals surface area (Å²) in [4.78, 5) is 11.9. The summed E-state index contributed by atoms with van der Waals surface area (Å²) in [5, 5.41) is 6.87. The quantitative estimate of drug-likeness (QED) is 0.790. The van der Waals surface area contributed by atoms with Crippen molar-refractivity contribution >= 4 is 21.8 Å². The molecule has 0 spiro atoms. The molecule has 0 atom stereocenters. The lowest BCUT2D eigenvalue weighted by molar-refractivity contribution is -0.137. The molecular formula is C15H15BrF3N3O. The second-order valence-electron chi connectivity index (χ2n) is 5.01. The van der Waals surface area contributed by atoms with E-state index in [1.54, 1.807) is 4.68 Å². The first kappa shape index (κ1) is 17.5. The molecule has 0 aliphatic rings. The minimum Gasteiger partial charge on any atom is -0.352 e. The van der Waals surface area contributed by atoms with Crippen LogP contribution in [0.15, 0.2) is 34.9 Å². The molecular weight excluding hydrogens is 375 g/mol. The lowest BCUT2D eigenvalue weighted by Gasteiger charge is -2.09. The van der Waals surface area contributed by atoms with E-state index in [1.807, 2.05) is 13.1 Å². The van der Waals surface area contributed by atoms with Gasteiger partial charge in [-0.3, -0.25) is 9.48 Å². The molecule has 1 heterocycles. The fourth-order valence-electron chi connectivity index (χ4n) is 1.99. The van der Waals surface area contributed by atoms with E-state index >= 15 is 0 Å². The van der Waals surface area contributed by atoms with E-state index in [9.17, 15) is 18.0 Å². The van der Waals surface area contributed by atoms with Gasteiger partial charge in [0.1, 0.15) is 0 Å². The Morgan fingerprint density at radius 3 is 2.74 bits per heavy atom. The molecule has 23 heavy (non-hydrogen) atoms. The summed E-state index contributed by atoms with van der Waals surface area (Å²) in [6.07, 6.45) is -2.00. The van der Waals surface area contributed by atoms with Crippen LogP contribution in [-0.4, -0.2) is 22.2 Å². The Bertz CT molecular complexity index is 678. The Morgan fingerprint density at radius 1 is 1.39 bits per heavy atom. The maximum atomic E-state index is 12.6. The Morgan fingerprint density at radius 2 is 2.13 bits per heavy atom. The van der Waals surface area contributed by atoms with Gasteiger partial charge in [0.05, 0.1) is 15.7 Å². The van der Waals surface area contributed by atoms with Crippen molar-refractivity contribution in [3.8, 4) is 0 Å². The molecule has 0 saturated heterocycles. The summed E-state index contributed by atoms with van der Waals surface area (Å²) in [7, 11) is 0. The molecule has 2 aromatic rings. The smallest absolute Gasteiger partial charge is 0.352 e. The van der Waals surface area contributed by atoms with Gasteiger partial charge in [-0.1, -0.05) is 6.07 Å². The zero-order valence-electron chi connectivity index (χ0n) is 12.3. The highest BCUT2D eigenvalue weighted by Crippen LogP contribution is 2.29. The molecule has 0 saturated carbocycles. The zero-order chi connectivity index (χ0) is 17.0. The first-order chi connectivity index (χ1) is 10.8. The topological polar surface area (TPSA) is 46.9 Å². The largest absolute Gasteiger partial charge is 0.416 e. The summed E-state index contributed by atoms with van der Waals surface area (Å²) >= 11 is 3.36. The molecule has 2 rings (SSSR count). The molecule has 1 aromatic heterocycles. The highest BCUT2D eigenvalue weighted by atomic mass is 79.9. The van der Waals surface area contributed by atoms with E-state index in [0.29, 0.717) is 19.5 Å². The van der Waals surface area contributed by atoms with Crippen LogP contribution in [0.3, 0.4) is 0 Å². The number of carbonyl (C=O) groups excluding carboxylic acids is 1. The van der Waals surface area contributed by atoms with E-state index in [4.69, 9.17) is 0 Å². The van der Waals surface area contributed by atoms with Crippen LogP contribution in [0.25, 0.3) is 0 Å². The van der Waals surface area contributed by atoms with Crippen LogP contribution < -0.4 is 5.32 Å². The highest BCUT2D eigenvalue weighted by Gasteiger charge is 2.30. The second kappa shape index (κ2) is 7.16. The Hall–Kier alpha value is -1.83. The van der Waals surface area contributed by atoms with Crippen molar-refractivity contribution in [3.63, 3.8) is 0 Å². The summed E-state index contributed by atoms with van der Waals surface area (Å²) in [5.74, 6) is -0.520. The number of aromatic nitrogens is 2. The van der Waals surface area contributed by atoms with Gasteiger partial charge in [-0.15, -0.1) is 0 Å². The van der Waals surface area contributed by atoms with E-state index in [2.05, 4.69) is 26.3 Å². The average Bonchev–Trinajstić information content (AvgIpc) is 2.81. The Kier molecular flexibility index (Phi) is 5.46. The van der Waals surface area contributed by atoms with Crippen LogP contribution in [0, 0.1) is 6.92 Å². The van der Waals surface area contributed by atoms with Crippen LogP contribution in [0.1, 0.15) is 28.0 Å². The molecule has 4 nitrogen and oxygen atoms in total. The molecule has 0 bridgehead atoms. The minimum absolute atomic E-state index is 0.00231. The van der Waals surface area contributed by atoms with E-state index < -0.39 is 17.6 Å². The molecule has 0 fully saturated rings. The average molecular weight is 390 g/mol.